The molecule has 5 rings (SSSR count). The van der Waals surface area contributed by atoms with Crippen molar-refractivity contribution in [1.82, 2.24) is 9.88 Å². The van der Waals surface area contributed by atoms with Crippen LogP contribution in [-0.2, 0) is 9.53 Å². The fourth-order valence-electron chi connectivity index (χ4n) is 6.82. The van der Waals surface area contributed by atoms with E-state index in [-0.39, 0.29) is 5.97 Å². The molecule has 1 atom stereocenters. The first-order valence-corrected chi connectivity index (χ1v) is 19.4. The predicted octanol–water partition coefficient (Wildman–Crippen LogP) is 10.3. The van der Waals surface area contributed by atoms with E-state index in [2.05, 4.69) is 51.4 Å². The number of pyridine rings is 1. The summed E-state index contributed by atoms with van der Waals surface area (Å²) in [6, 6.07) is 20.6. The van der Waals surface area contributed by atoms with Crippen LogP contribution in [0.25, 0.3) is 21.0 Å². The van der Waals surface area contributed by atoms with E-state index >= 15 is 0 Å². The third-order valence-electron chi connectivity index (χ3n) is 9.94. The highest BCUT2D eigenvalue weighted by molar-refractivity contribution is 7.17. The second-order valence-corrected chi connectivity index (χ2v) is 15.2. The standard InChI is InChI=1S/C41H57N3O3S/c1-4-5-6-7-8-17-34(18-11-12-25-41(2,3)40(45)47-39-23-22-33-16-9-10-19-36(33)42-39)46-31-14-13-26-43-27-29-44(30-28-43)37-20-15-21-38-35(37)24-32-48-38/h9-10,15-16,19-24,32,34H,4-8,11-14,17-18,25-31H2,1-3H3. The zero-order valence-corrected chi connectivity index (χ0v) is 30.4. The molecule has 2 aromatic heterocycles. The number of anilines is 1. The van der Waals surface area contributed by atoms with Crippen molar-refractivity contribution in [2.24, 2.45) is 5.41 Å². The van der Waals surface area contributed by atoms with Crippen LogP contribution in [0.2, 0.25) is 0 Å². The van der Waals surface area contributed by atoms with Crippen LogP contribution in [-0.4, -0.2) is 61.3 Å². The third kappa shape index (κ3) is 10.8. The summed E-state index contributed by atoms with van der Waals surface area (Å²) in [6.07, 6.45) is 14.1. The van der Waals surface area contributed by atoms with Crippen molar-refractivity contribution >= 4 is 44.0 Å². The predicted molar refractivity (Wildman–Crippen MR) is 202 cm³/mol. The van der Waals surface area contributed by atoms with E-state index in [1.165, 1.54) is 54.3 Å². The number of thiophene rings is 1. The second-order valence-electron chi connectivity index (χ2n) is 14.2. The van der Waals surface area contributed by atoms with E-state index in [0.717, 1.165) is 88.8 Å². The van der Waals surface area contributed by atoms with E-state index in [1.807, 2.05) is 55.5 Å². The summed E-state index contributed by atoms with van der Waals surface area (Å²) >= 11 is 1.83. The molecule has 48 heavy (non-hydrogen) atoms. The maximum atomic E-state index is 13.1. The Balaban J connectivity index is 0.992. The van der Waals surface area contributed by atoms with Crippen molar-refractivity contribution in [2.75, 3.05) is 44.2 Å². The first-order valence-electron chi connectivity index (χ1n) is 18.6. The van der Waals surface area contributed by atoms with Crippen LogP contribution in [0, 0.1) is 5.41 Å². The van der Waals surface area contributed by atoms with Crippen LogP contribution in [0.15, 0.2) is 66.0 Å². The number of unbranched alkanes of at least 4 members (excludes halogenated alkanes) is 6. The van der Waals surface area contributed by atoms with Gasteiger partial charge in [0.25, 0.3) is 0 Å². The number of esters is 1. The molecule has 2 aromatic carbocycles. The fraction of sp³-hybridized carbons (Fsp3) is 0.561. The fourth-order valence-corrected chi connectivity index (χ4v) is 7.63. The van der Waals surface area contributed by atoms with Crippen molar-refractivity contribution in [2.45, 2.75) is 104 Å². The van der Waals surface area contributed by atoms with Crippen molar-refractivity contribution in [3.63, 3.8) is 0 Å². The van der Waals surface area contributed by atoms with Gasteiger partial charge in [-0.25, -0.2) is 4.98 Å². The number of fused-ring (bicyclic) bond motifs is 2. The Bertz CT molecular complexity index is 1540. The Morgan fingerprint density at radius 2 is 1.65 bits per heavy atom. The van der Waals surface area contributed by atoms with Gasteiger partial charge in [0.1, 0.15) is 0 Å². The van der Waals surface area contributed by atoms with Gasteiger partial charge in [0, 0.05) is 60.0 Å². The van der Waals surface area contributed by atoms with Gasteiger partial charge in [-0.3, -0.25) is 9.69 Å². The maximum absolute atomic E-state index is 13.1. The zero-order chi connectivity index (χ0) is 33.6. The summed E-state index contributed by atoms with van der Waals surface area (Å²) in [5, 5.41) is 4.64. The van der Waals surface area contributed by atoms with E-state index < -0.39 is 5.41 Å². The molecule has 4 aromatic rings. The number of benzene rings is 2. The number of carbonyl (C=O) groups is 1. The topological polar surface area (TPSA) is 54.9 Å². The van der Waals surface area contributed by atoms with Crippen molar-refractivity contribution < 1.29 is 14.3 Å². The molecular weight excluding hydrogens is 615 g/mol. The van der Waals surface area contributed by atoms with Crippen LogP contribution in [0.4, 0.5) is 5.69 Å². The number of aromatic nitrogens is 1. The smallest absolute Gasteiger partial charge is 0.318 e. The third-order valence-corrected chi connectivity index (χ3v) is 10.8. The normalized spacial score (nSPS) is 14.9. The molecule has 0 spiro atoms. The number of rotatable bonds is 20. The lowest BCUT2D eigenvalue weighted by molar-refractivity contribution is -0.144. The minimum atomic E-state index is -0.563. The first kappa shape index (κ1) is 36.3. The summed E-state index contributed by atoms with van der Waals surface area (Å²) in [5.74, 6) is 0.160. The van der Waals surface area contributed by atoms with Crippen LogP contribution in [0.3, 0.4) is 0 Å². The number of para-hydroxylation sites is 1. The van der Waals surface area contributed by atoms with E-state index in [4.69, 9.17) is 9.47 Å². The van der Waals surface area contributed by atoms with Gasteiger partial charge in [-0.2, -0.15) is 0 Å². The van der Waals surface area contributed by atoms with Gasteiger partial charge in [-0.1, -0.05) is 76.1 Å². The molecule has 1 aliphatic heterocycles. The Morgan fingerprint density at radius 1 is 0.854 bits per heavy atom. The molecule has 0 N–H and O–H groups in total. The van der Waals surface area contributed by atoms with Gasteiger partial charge >= 0.3 is 5.97 Å². The van der Waals surface area contributed by atoms with Crippen molar-refractivity contribution in [3.05, 3.63) is 66.0 Å². The summed E-state index contributed by atoms with van der Waals surface area (Å²) < 4.78 is 13.6. The summed E-state index contributed by atoms with van der Waals surface area (Å²) in [6.45, 7) is 12.7. The lowest BCUT2D eigenvalue weighted by Crippen LogP contribution is -2.46. The van der Waals surface area contributed by atoms with Crippen LogP contribution in [0.5, 0.6) is 5.88 Å². The van der Waals surface area contributed by atoms with Gasteiger partial charge in [0.15, 0.2) is 0 Å². The van der Waals surface area contributed by atoms with E-state index in [9.17, 15) is 4.79 Å². The molecule has 1 unspecified atom stereocenters. The minimum absolute atomic E-state index is 0.213. The monoisotopic (exact) mass is 671 g/mol. The molecule has 1 saturated heterocycles. The Labute approximate surface area is 292 Å². The number of hydrogen-bond acceptors (Lipinski definition) is 7. The van der Waals surface area contributed by atoms with Gasteiger partial charge in [-0.15, -0.1) is 11.3 Å². The zero-order valence-electron chi connectivity index (χ0n) is 29.6. The molecular formula is C41H57N3O3S. The Kier molecular flexibility index (Phi) is 14.1. The summed E-state index contributed by atoms with van der Waals surface area (Å²) in [7, 11) is 0. The molecule has 1 fully saturated rings. The van der Waals surface area contributed by atoms with Crippen LogP contribution < -0.4 is 9.64 Å². The molecule has 1 aliphatic rings. The average Bonchev–Trinajstić information content (AvgIpc) is 3.59. The molecule has 0 saturated carbocycles. The number of piperazine rings is 1. The van der Waals surface area contributed by atoms with Gasteiger partial charge in [0.2, 0.25) is 5.88 Å². The quantitative estimate of drug-likeness (QED) is 0.0689. The Hall–Kier alpha value is -3.00. The van der Waals surface area contributed by atoms with Gasteiger partial charge in [0.05, 0.1) is 17.0 Å². The lowest BCUT2D eigenvalue weighted by atomic mass is 9.86. The summed E-state index contributed by atoms with van der Waals surface area (Å²) in [4.78, 5) is 22.8. The van der Waals surface area contributed by atoms with E-state index in [0.29, 0.717) is 12.0 Å². The lowest BCUT2D eigenvalue weighted by Gasteiger charge is -2.36. The maximum Gasteiger partial charge on any atom is 0.318 e. The number of hydrogen-bond donors (Lipinski definition) is 0. The highest BCUT2D eigenvalue weighted by atomic mass is 32.1. The van der Waals surface area contributed by atoms with Gasteiger partial charge < -0.3 is 14.4 Å². The second kappa shape index (κ2) is 18.7. The van der Waals surface area contributed by atoms with Gasteiger partial charge in [-0.05, 0) is 88.2 Å². The number of ether oxygens (including phenoxy) is 2. The highest BCUT2D eigenvalue weighted by Gasteiger charge is 2.30. The van der Waals surface area contributed by atoms with Crippen molar-refractivity contribution in [3.8, 4) is 5.88 Å². The molecule has 0 bridgehead atoms. The molecule has 6 nitrogen and oxygen atoms in total. The summed E-state index contributed by atoms with van der Waals surface area (Å²) in [5.41, 5.74) is 1.67. The molecule has 0 radical (unpaired) electrons. The van der Waals surface area contributed by atoms with Crippen molar-refractivity contribution in [1.29, 1.82) is 0 Å². The number of nitrogens with zero attached hydrogens (tertiary/aromatic N) is 3. The molecule has 3 heterocycles. The molecule has 260 valence electrons. The highest BCUT2D eigenvalue weighted by Crippen LogP contribution is 2.31. The van der Waals surface area contributed by atoms with Crippen LogP contribution >= 0.6 is 11.3 Å². The Morgan fingerprint density at radius 3 is 2.48 bits per heavy atom. The largest absolute Gasteiger partial charge is 0.407 e. The molecule has 7 heteroatoms. The first-order chi connectivity index (χ1) is 23.4. The SMILES string of the molecule is CCCCCCCC(CCCCC(C)(C)C(=O)Oc1ccc2ccccc2n1)OCCCCN1CCN(c2cccc3sccc23)CC1. The number of carbonyl (C=O) groups excluding carboxylic acids is 1. The molecule has 0 aliphatic carbocycles. The molecule has 0 amide bonds. The van der Waals surface area contributed by atoms with Crippen LogP contribution in [0.1, 0.15) is 97.8 Å². The minimum Gasteiger partial charge on any atom is -0.407 e. The average molecular weight is 672 g/mol. The van der Waals surface area contributed by atoms with E-state index in [1.54, 1.807) is 6.07 Å².